The fraction of sp³-hybridized carbons (Fsp3) is 0.316. The second-order valence-corrected chi connectivity index (χ2v) is 9.39. The van der Waals surface area contributed by atoms with Crippen molar-refractivity contribution >= 4 is 43.3 Å². The lowest BCUT2D eigenvalue weighted by Gasteiger charge is -2.26. The van der Waals surface area contributed by atoms with E-state index in [1.54, 1.807) is 29.2 Å². The number of nitrogens with zero attached hydrogens (tertiary/aromatic N) is 3. The number of benzene rings is 1. The number of aryl methyl sites for hydroxylation is 1. The number of thiazole rings is 1. The topological polar surface area (TPSA) is 111 Å². The summed E-state index contributed by atoms with van der Waals surface area (Å²) in [4.78, 5) is 30.3. The van der Waals surface area contributed by atoms with Crippen LogP contribution in [0.5, 0.6) is 0 Å². The van der Waals surface area contributed by atoms with Crippen molar-refractivity contribution in [3.63, 3.8) is 0 Å². The number of carbonyl (C=O) groups excluding carboxylic acids is 1. The molecular formula is C19H20N4O5S2. The SMILES string of the molecule is O=C(CCn1c(=O)sc2cc(S(=O)(=O)Nc3ccccn3)ccc21)N1CCOCC1. The van der Waals surface area contributed by atoms with Crippen LogP contribution in [0.1, 0.15) is 6.42 Å². The van der Waals surface area contributed by atoms with Crippen molar-refractivity contribution in [2.24, 2.45) is 0 Å². The summed E-state index contributed by atoms with van der Waals surface area (Å²) in [6.07, 6.45) is 1.69. The van der Waals surface area contributed by atoms with Crippen molar-refractivity contribution < 1.29 is 17.9 Å². The number of nitrogens with one attached hydrogen (secondary N) is 1. The second kappa shape index (κ2) is 8.54. The molecule has 158 valence electrons. The largest absolute Gasteiger partial charge is 0.378 e. The number of hydrogen-bond donors (Lipinski definition) is 1. The molecule has 1 fully saturated rings. The number of ether oxygens (including phenoxy) is 1. The van der Waals surface area contributed by atoms with E-state index in [1.807, 2.05) is 0 Å². The van der Waals surface area contributed by atoms with Gasteiger partial charge >= 0.3 is 4.87 Å². The summed E-state index contributed by atoms with van der Waals surface area (Å²) in [7, 11) is -3.84. The minimum Gasteiger partial charge on any atom is -0.378 e. The molecule has 0 radical (unpaired) electrons. The lowest BCUT2D eigenvalue weighted by Crippen LogP contribution is -2.41. The first-order valence-corrected chi connectivity index (χ1v) is 11.7. The quantitative estimate of drug-likeness (QED) is 0.612. The molecule has 1 aromatic carbocycles. The standard InChI is InChI=1S/C19H20N4O5S2/c24-18(22-9-11-28-12-10-22)6-8-23-15-5-4-14(13-16(15)29-19(23)25)30(26,27)21-17-3-1-2-7-20-17/h1-5,7,13H,6,8-12H2,(H,20,21). The van der Waals surface area contributed by atoms with E-state index < -0.39 is 10.0 Å². The highest BCUT2D eigenvalue weighted by Crippen LogP contribution is 2.23. The van der Waals surface area contributed by atoms with Crippen LogP contribution < -0.4 is 9.60 Å². The van der Waals surface area contributed by atoms with Crippen molar-refractivity contribution in [2.45, 2.75) is 17.9 Å². The molecule has 1 saturated heterocycles. The van der Waals surface area contributed by atoms with Crippen molar-refractivity contribution in [1.82, 2.24) is 14.5 Å². The van der Waals surface area contributed by atoms with Gasteiger partial charge < -0.3 is 9.64 Å². The fourth-order valence-corrected chi connectivity index (χ4v) is 5.29. The zero-order valence-electron chi connectivity index (χ0n) is 16.0. The first-order valence-electron chi connectivity index (χ1n) is 9.37. The van der Waals surface area contributed by atoms with Gasteiger partial charge in [-0.05, 0) is 30.3 Å². The monoisotopic (exact) mass is 448 g/mol. The second-order valence-electron chi connectivity index (χ2n) is 6.71. The smallest absolute Gasteiger partial charge is 0.308 e. The van der Waals surface area contributed by atoms with Crippen LogP contribution in [0.4, 0.5) is 5.82 Å². The summed E-state index contributed by atoms with van der Waals surface area (Å²) in [5, 5.41) is 0. The van der Waals surface area contributed by atoms with E-state index in [0.717, 1.165) is 11.3 Å². The lowest BCUT2D eigenvalue weighted by molar-refractivity contribution is -0.135. The number of amides is 1. The fourth-order valence-electron chi connectivity index (χ4n) is 3.22. The van der Waals surface area contributed by atoms with Gasteiger partial charge in [-0.15, -0.1) is 0 Å². The minimum absolute atomic E-state index is 0.0247. The zero-order chi connectivity index (χ0) is 21.1. The summed E-state index contributed by atoms with van der Waals surface area (Å²) in [6, 6.07) is 9.43. The Morgan fingerprint density at radius 3 is 2.73 bits per heavy atom. The number of pyridine rings is 1. The minimum atomic E-state index is -3.84. The lowest BCUT2D eigenvalue weighted by atomic mass is 10.3. The molecule has 1 aliphatic rings. The molecule has 1 N–H and O–H groups in total. The van der Waals surface area contributed by atoms with Gasteiger partial charge in [-0.1, -0.05) is 17.4 Å². The number of anilines is 1. The van der Waals surface area contributed by atoms with Crippen molar-refractivity contribution in [1.29, 1.82) is 0 Å². The third-order valence-electron chi connectivity index (χ3n) is 4.77. The summed E-state index contributed by atoms with van der Waals surface area (Å²) in [6.45, 7) is 2.41. The van der Waals surface area contributed by atoms with Crippen LogP contribution in [-0.4, -0.2) is 55.1 Å². The molecule has 2 aromatic heterocycles. The molecule has 9 nitrogen and oxygen atoms in total. The Bertz CT molecular complexity index is 1210. The number of sulfonamides is 1. The molecule has 0 aliphatic carbocycles. The summed E-state index contributed by atoms with van der Waals surface area (Å²) in [5.41, 5.74) is 0.608. The van der Waals surface area contributed by atoms with E-state index in [-0.39, 0.29) is 34.5 Å². The Kier molecular flexibility index (Phi) is 5.84. The molecule has 3 heterocycles. The number of aromatic nitrogens is 2. The van der Waals surface area contributed by atoms with E-state index >= 15 is 0 Å². The first kappa shape index (κ1) is 20.5. The van der Waals surface area contributed by atoms with Gasteiger partial charge in [0.1, 0.15) is 5.82 Å². The van der Waals surface area contributed by atoms with Crippen LogP contribution in [0.25, 0.3) is 10.2 Å². The molecular weight excluding hydrogens is 428 g/mol. The normalized spacial score (nSPS) is 14.7. The molecule has 1 amide bonds. The van der Waals surface area contributed by atoms with Crippen LogP contribution >= 0.6 is 11.3 Å². The number of carbonyl (C=O) groups is 1. The van der Waals surface area contributed by atoms with Crippen LogP contribution in [0.15, 0.2) is 52.3 Å². The molecule has 0 spiro atoms. The van der Waals surface area contributed by atoms with Crippen LogP contribution in [0.2, 0.25) is 0 Å². The van der Waals surface area contributed by atoms with Crippen molar-refractivity contribution in [3.8, 4) is 0 Å². The molecule has 11 heteroatoms. The summed E-state index contributed by atoms with van der Waals surface area (Å²) >= 11 is 0.957. The molecule has 0 bridgehead atoms. The van der Waals surface area contributed by atoms with Gasteiger partial charge in [0, 0.05) is 32.3 Å². The third-order valence-corrected chi connectivity index (χ3v) is 7.06. The average Bonchev–Trinajstić information content (AvgIpc) is 3.07. The molecule has 0 unspecified atom stereocenters. The van der Waals surface area contributed by atoms with Crippen molar-refractivity contribution in [2.75, 3.05) is 31.0 Å². The highest BCUT2D eigenvalue weighted by atomic mass is 32.2. The molecule has 4 rings (SSSR count). The van der Waals surface area contributed by atoms with Crippen LogP contribution in [0, 0.1) is 0 Å². The Morgan fingerprint density at radius 2 is 2.00 bits per heavy atom. The average molecular weight is 449 g/mol. The van der Waals surface area contributed by atoms with Gasteiger partial charge in [0.25, 0.3) is 10.0 Å². The van der Waals surface area contributed by atoms with Gasteiger partial charge in [0.2, 0.25) is 5.91 Å². The van der Waals surface area contributed by atoms with Gasteiger partial charge in [-0.3, -0.25) is 18.9 Å². The zero-order valence-corrected chi connectivity index (χ0v) is 17.6. The van der Waals surface area contributed by atoms with Crippen LogP contribution in [0.3, 0.4) is 0 Å². The summed E-state index contributed by atoms with van der Waals surface area (Å²) < 4.78 is 35.0. The van der Waals surface area contributed by atoms with E-state index in [2.05, 4.69) is 9.71 Å². The molecule has 0 saturated carbocycles. The first-order chi connectivity index (χ1) is 14.4. The Labute approximate surface area is 177 Å². The number of fused-ring (bicyclic) bond motifs is 1. The number of rotatable bonds is 6. The highest BCUT2D eigenvalue weighted by Gasteiger charge is 2.20. The van der Waals surface area contributed by atoms with Gasteiger partial charge in [-0.2, -0.15) is 0 Å². The maximum Gasteiger partial charge on any atom is 0.308 e. The van der Waals surface area contributed by atoms with Crippen molar-refractivity contribution in [3.05, 3.63) is 52.3 Å². The van der Waals surface area contributed by atoms with E-state index in [1.165, 1.54) is 22.9 Å². The number of morpholine rings is 1. The van der Waals surface area contributed by atoms with Gasteiger partial charge in [-0.25, -0.2) is 13.4 Å². The van der Waals surface area contributed by atoms with E-state index in [9.17, 15) is 18.0 Å². The van der Waals surface area contributed by atoms with Gasteiger partial charge in [0.05, 0.1) is 28.3 Å². The predicted molar refractivity (Wildman–Crippen MR) is 113 cm³/mol. The van der Waals surface area contributed by atoms with E-state index in [0.29, 0.717) is 36.5 Å². The Hall–Kier alpha value is -2.76. The molecule has 30 heavy (non-hydrogen) atoms. The maximum atomic E-state index is 12.6. The molecule has 1 aliphatic heterocycles. The molecule has 0 atom stereocenters. The van der Waals surface area contributed by atoms with Gasteiger partial charge in [0.15, 0.2) is 0 Å². The molecule has 3 aromatic rings. The Morgan fingerprint density at radius 1 is 1.20 bits per heavy atom. The Balaban J connectivity index is 1.53. The maximum absolute atomic E-state index is 12.6. The van der Waals surface area contributed by atoms with Crippen LogP contribution in [-0.2, 0) is 26.1 Å². The predicted octanol–water partition coefficient (Wildman–Crippen LogP) is 1.51. The van der Waals surface area contributed by atoms with E-state index in [4.69, 9.17) is 4.74 Å². The highest BCUT2D eigenvalue weighted by molar-refractivity contribution is 7.92. The third kappa shape index (κ3) is 4.37. The summed E-state index contributed by atoms with van der Waals surface area (Å²) in [5.74, 6) is 0.188. The number of hydrogen-bond acceptors (Lipinski definition) is 7.